The summed E-state index contributed by atoms with van der Waals surface area (Å²) in [5.74, 6) is 1.51. The van der Waals surface area contributed by atoms with Crippen LogP contribution in [-0.4, -0.2) is 30.0 Å². The number of hydrogen-bond acceptors (Lipinski definition) is 6. The van der Waals surface area contributed by atoms with Crippen molar-refractivity contribution in [1.29, 1.82) is 0 Å². The Morgan fingerprint density at radius 2 is 2.00 bits per heavy atom. The lowest BCUT2D eigenvalue weighted by Gasteiger charge is -2.17. The highest BCUT2D eigenvalue weighted by Gasteiger charge is 2.15. The number of rotatable bonds is 8. The highest BCUT2D eigenvalue weighted by molar-refractivity contribution is 7.22. The lowest BCUT2D eigenvalue weighted by molar-refractivity contribution is -0.117. The highest BCUT2D eigenvalue weighted by Crippen LogP contribution is 2.29. The predicted octanol–water partition coefficient (Wildman–Crippen LogP) is 4.38. The number of ether oxygens (including phenoxy) is 2. The molecular weight excluding hydrogens is 402 g/mol. The monoisotopic (exact) mass is 425 g/mol. The molecule has 0 atom stereocenters. The number of carbonyl (C=O) groups excluding carboxylic acids is 2. The first-order chi connectivity index (χ1) is 14.6. The van der Waals surface area contributed by atoms with Crippen LogP contribution >= 0.6 is 11.3 Å². The highest BCUT2D eigenvalue weighted by atomic mass is 32.1. The zero-order chi connectivity index (χ0) is 20.9. The maximum atomic E-state index is 12.2. The maximum Gasteiger partial charge on any atom is 0.226 e. The third-order valence-electron chi connectivity index (χ3n) is 4.71. The molecule has 1 aliphatic rings. The lowest BCUT2D eigenvalue weighted by atomic mass is 10.0. The van der Waals surface area contributed by atoms with Crippen molar-refractivity contribution in [1.82, 2.24) is 4.98 Å². The van der Waals surface area contributed by atoms with Crippen molar-refractivity contribution in [2.45, 2.75) is 32.6 Å². The van der Waals surface area contributed by atoms with Gasteiger partial charge in [-0.3, -0.25) is 9.59 Å². The van der Waals surface area contributed by atoms with E-state index in [2.05, 4.69) is 15.6 Å². The van der Waals surface area contributed by atoms with Crippen molar-refractivity contribution in [2.75, 3.05) is 23.8 Å². The predicted molar refractivity (Wildman–Crippen MR) is 118 cm³/mol. The summed E-state index contributed by atoms with van der Waals surface area (Å²) >= 11 is 1.43. The van der Waals surface area contributed by atoms with Crippen LogP contribution in [0, 0.1) is 0 Å². The molecule has 0 saturated heterocycles. The number of amides is 2. The standard InChI is InChI=1S/C22H23N3O4S/c1-2-28-16-7-9-18-19(13-16)30-22(24-18)25-20(26)4-3-11-29-15-6-8-17-14(12-15)5-10-21(27)23-17/h6-9,12-13H,2-5,10-11H2,1H3,(H,23,27)(H,24,25,26). The second kappa shape index (κ2) is 9.13. The fraction of sp³-hybridized carbons (Fsp3) is 0.318. The van der Waals surface area contributed by atoms with Gasteiger partial charge in [-0.2, -0.15) is 0 Å². The molecule has 0 fully saturated rings. The van der Waals surface area contributed by atoms with Crippen LogP contribution in [0.3, 0.4) is 0 Å². The summed E-state index contributed by atoms with van der Waals surface area (Å²) < 4.78 is 12.2. The molecule has 2 heterocycles. The third kappa shape index (κ3) is 4.88. The summed E-state index contributed by atoms with van der Waals surface area (Å²) in [5.41, 5.74) is 2.76. The maximum absolute atomic E-state index is 12.2. The van der Waals surface area contributed by atoms with E-state index in [9.17, 15) is 9.59 Å². The molecule has 3 aromatic rings. The van der Waals surface area contributed by atoms with Crippen LogP contribution in [0.5, 0.6) is 11.5 Å². The number of hydrogen-bond donors (Lipinski definition) is 2. The first kappa shape index (κ1) is 20.2. The molecule has 8 heteroatoms. The molecule has 0 spiro atoms. The molecule has 0 bridgehead atoms. The van der Waals surface area contributed by atoms with Gasteiger partial charge in [0.25, 0.3) is 0 Å². The zero-order valence-corrected chi connectivity index (χ0v) is 17.5. The molecule has 2 amide bonds. The number of benzene rings is 2. The SMILES string of the molecule is CCOc1ccc2nc(NC(=O)CCCOc3ccc4c(c3)CCC(=O)N4)sc2c1. The van der Waals surface area contributed by atoms with Gasteiger partial charge in [-0.1, -0.05) is 11.3 Å². The number of anilines is 2. The van der Waals surface area contributed by atoms with Gasteiger partial charge in [-0.25, -0.2) is 4.98 Å². The van der Waals surface area contributed by atoms with Crippen LogP contribution in [-0.2, 0) is 16.0 Å². The summed E-state index contributed by atoms with van der Waals surface area (Å²) in [6.45, 7) is 2.99. The number of carbonyl (C=O) groups is 2. The minimum atomic E-state index is -0.0872. The van der Waals surface area contributed by atoms with Crippen LogP contribution in [0.2, 0.25) is 0 Å². The molecular formula is C22H23N3O4S. The van der Waals surface area contributed by atoms with Crippen LogP contribution < -0.4 is 20.1 Å². The summed E-state index contributed by atoms with van der Waals surface area (Å²) in [4.78, 5) is 28.1. The Hall–Kier alpha value is -3.13. The number of nitrogens with zero attached hydrogens (tertiary/aromatic N) is 1. The molecule has 0 saturated carbocycles. The molecule has 7 nitrogen and oxygen atoms in total. The van der Waals surface area contributed by atoms with Gasteiger partial charge in [-0.05, 0) is 61.7 Å². The van der Waals surface area contributed by atoms with Crippen molar-refractivity contribution in [3.8, 4) is 11.5 Å². The van der Waals surface area contributed by atoms with Gasteiger partial charge in [0.15, 0.2) is 5.13 Å². The third-order valence-corrected chi connectivity index (χ3v) is 5.64. The fourth-order valence-corrected chi connectivity index (χ4v) is 4.18. The van der Waals surface area contributed by atoms with E-state index in [1.807, 2.05) is 43.3 Å². The lowest BCUT2D eigenvalue weighted by Crippen LogP contribution is -2.18. The van der Waals surface area contributed by atoms with Gasteiger partial charge in [-0.15, -0.1) is 0 Å². The average molecular weight is 426 g/mol. The summed E-state index contributed by atoms with van der Waals surface area (Å²) in [5, 5.41) is 6.29. The van der Waals surface area contributed by atoms with Gasteiger partial charge >= 0.3 is 0 Å². The van der Waals surface area contributed by atoms with Crippen LogP contribution in [0.4, 0.5) is 10.8 Å². The Morgan fingerprint density at radius 3 is 2.87 bits per heavy atom. The minimum Gasteiger partial charge on any atom is -0.494 e. The van der Waals surface area contributed by atoms with Gasteiger partial charge in [0.05, 0.1) is 23.4 Å². The Labute approximate surface area is 178 Å². The van der Waals surface area contributed by atoms with E-state index in [0.717, 1.165) is 39.4 Å². The first-order valence-corrected chi connectivity index (χ1v) is 10.8. The van der Waals surface area contributed by atoms with E-state index in [4.69, 9.17) is 9.47 Å². The molecule has 1 aliphatic heterocycles. The molecule has 4 rings (SSSR count). The van der Waals surface area contributed by atoms with E-state index in [1.165, 1.54) is 11.3 Å². The van der Waals surface area contributed by atoms with Crippen molar-refractivity contribution in [2.24, 2.45) is 0 Å². The fourth-order valence-electron chi connectivity index (χ4n) is 3.27. The molecule has 1 aromatic heterocycles. The average Bonchev–Trinajstić information content (AvgIpc) is 3.13. The first-order valence-electron chi connectivity index (χ1n) is 9.99. The number of aromatic nitrogens is 1. The second-order valence-corrected chi connectivity index (χ2v) is 7.98. The Morgan fingerprint density at radius 1 is 1.17 bits per heavy atom. The van der Waals surface area contributed by atoms with E-state index < -0.39 is 0 Å². The Kier molecular flexibility index (Phi) is 6.13. The zero-order valence-electron chi connectivity index (χ0n) is 16.7. The number of aryl methyl sites for hydroxylation is 1. The van der Waals surface area contributed by atoms with E-state index in [1.54, 1.807) is 0 Å². The Balaban J connectivity index is 1.24. The second-order valence-electron chi connectivity index (χ2n) is 6.95. The van der Waals surface area contributed by atoms with E-state index >= 15 is 0 Å². The van der Waals surface area contributed by atoms with Crippen molar-refractivity contribution in [3.63, 3.8) is 0 Å². The van der Waals surface area contributed by atoms with Crippen LogP contribution in [0.25, 0.3) is 10.2 Å². The van der Waals surface area contributed by atoms with Gasteiger partial charge in [0, 0.05) is 18.5 Å². The Bertz CT molecular complexity index is 1080. The quantitative estimate of drug-likeness (QED) is 0.523. The van der Waals surface area contributed by atoms with Crippen molar-refractivity contribution >= 4 is 44.2 Å². The summed E-state index contributed by atoms with van der Waals surface area (Å²) in [6, 6.07) is 11.4. The van der Waals surface area contributed by atoms with E-state index in [0.29, 0.717) is 37.6 Å². The van der Waals surface area contributed by atoms with Crippen molar-refractivity contribution < 1.29 is 19.1 Å². The van der Waals surface area contributed by atoms with Gasteiger partial charge < -0.3 is 20.1 Å². The van der Waals surface area contributed by atoms with Gasteiger partial charge in [0.1, 0.15) is 11.5 Å². The summed E-state index contributed by atoms with van der Waals surface area (Å²) in [6.07, 6.45) is 2.16. The van der Waals surface area contributed by atoms with Crippen molar-refractivity contribution in [3.05, 3.63) is 42.0 Å². The molecule has 0 radical (unpaired) electrons. The largest absolute Gasteiger partial charge is 0.494 e. The molecule has 2 aromatic carbocycles. The van der Waals surface area contributed by atoms with Crippen LogP contribution in [0.15, 0.2) is 36.4 Å². The minimum absolute atomic E-state index is 0.0463. The molecule has 0 aliphatic carbocycles. The summed E-state index contributed by atoms with van der Waals surface area (Å²) in [7, 11) is 0. The number of thiazole rings is 1. The molecule has 156 valence electrons. The number of nitrogens with one attached hydrogen (secondary N) is 2. The number of fused-ring (bicyclic) bond motifs is 2. The van der Waals surface area contributed by atoms with Gasteiger partial charge in [0.2, 0.25) is 11.8 Å². The normalized spacial score (nSPS) is 12.9. The van der Waals surface area contributed by atoms with E-state index in [-0.39, 0.29) is 11.8 Å². The molecule has 0 unspecified atom stereocenters. The smallest absolute Gasteiger partial charge is 0.226 e. The topological polar surface area (TPSA) is 89.6 Å². The molecule has 2 N–H and O–H groups in total. The van der Waals surface area contributed by atoms with Crippen LogP contribution in [0.1, 0.15) is 31.7 Å². The molecule has 30 heavy (non-hydrogen) atoms.